The quantitative estimate of drug-likeness (QED) is 0.682. The molecule has 0 N–H and O–H groups in total. The predicted octanol–water partition coefficient (Wildman–Crippen LogP) is 0.818. The van der Waals surface area contributed by atoms with Crippen LogP contribution in [0.3, 0.4) is 0 Å². The molecule has 0 atom stereocenters. The van der Waals surface area contributed by atoms with E-state index >= 15 is 0 Å². The van der Waals surface area contributed by atoms with Crippen molar-refractivity contribution >= 4 is 21.8 Å². The van der Waals surface area contributed by atoms with Gasteiger partial charge in [0.25, 0.3) is 10.2 Å². The van der Waals surface area contributed by atoms with E-state index in [2.05, 4.69) is 18.7 Å². The van der Waals surface area contributed by atoms with Gasteiger partial charge >= 0.3 is 0 Å². The van der Waals surface area contributed by atoms with Crippen LogP contribution in [0.25, 0.3) is 0 Å². The fourth-order valence-corrected chi connectivity index (χ4v) is 3.54. The largest absolute Gasteiger partial charge is 0.298 e. The highest BCUT2D eigenvalue weighted by molar-refractivity contribution is 7.86. The van der Waals surface area contributed by atoms with Crippen molar-refractivity contribution in [2.45, 2.75) is 26.3 Å². The van der Waals surface area contributed by atoms with Gasteiger partial charge in [0.15, 0.2) is 0 Å². The van der Waals surface area contributed by atoms with E-state index in [1.54, 1.807) is 11.4 Å². The minimum Gasteiger partial charge on any atom is -0.298 e. The lowest BCUT2D eigenvalue weighted by atomic mass is 10.3. The number of piperazine rings is 1. The molecule has 0 amide bonds. The molecule has 5 nitrogen and oxygen atoms in total. The summed E-state index contributed by atoms with van der Waals surface area (Å²) in [5, 5.41) is 0. The number of alkyl halides is 1. The van der Waals surface area contributed by atoms with Crippen LogP contribution in [0.4, 0.5) is 0 Å². The first kappa shape index (κ1) is 16.2. The van der Waals surface area contributed by atoms with Crippen molar-refractivity contribution in [2.75, 3.05) is 45.7 Å². The zero-order chi connectivity index (χ0) is 13.8. The van der Waals surface area contributed by atoms with Crippen molar-refractivity contribution in [2.24, 2.45) is 0 Å². The first-order chi connectivity index (χ1) is 8.39. The summed E-state index contributed by atoms with van der Waals surface area (Å²) in [5.74, 6) is 0.487. The highest BCUT2D eigenvalue weighted by Crippen LogP contribution is 2.12. The number of hydrogen-bond donors (Lipinski definition) is 0. The molecule has 0 unspecified atom stereocenters. The third-order valence-corrected chi connectivity index (χ3v) is 5.59. The summed E-state index contributed by atoms with van der Waals surface area (Å²) in [4.78, 5) is 2.30. The van der Waals surface area contributed by atoms with E-state index in [0.29, 0.717) is 38.0 Å². The molecule has 0 aromatic carbocycles. The van der Waals surface area contributed by atoms with Crippen molar-refractivity contribution in [1.29, 1.82) is 0 Å². The van der Waals surface area contributed by atoms with Crippen LogP contribution >= 0.6 is 11.6 Å². The predicted molar refractivity (Wildman–Crippen MR) is 75.2 cm³/mol. The molecule has 1 aliphatic rings. The Kier molecular flexibility index (Phi) is 6.34. The molecule has 0 aliphatic carbocycles. The molecule has 0 radical (unpaired) electrons. The lowest BCUT2D eigenvalue weighted by Crippen LogP contribution is -2.53. The van der Waals surface area contributed by atoms with Crippen molar-refractivity contribution in [3.05, 3.63) is 0 Å². The molecule has 0 bridgehead atoms. The Balaban J connectivity index is 2.55. The molecule has 1 saturated heterocycles. The monoisotopic (exact) mass is 297 g/mol. The zero-order valence-electron chi connectivity index (χ0n) is 11.5. The van der Waals surface area contributed by atoms with Crippen LogP contribution < -0.4 is 0 Å². The molecule has 1 aliphatic heterocycles. The second-order valence-electron chi connectivity index (χ2n) is 4.90. The second kappa shape index (κ2) is 7.05. The first-order valence-corrected chi connectivity index (χ1v) is 8.34. The van der Waals surface area contributed by atoms with Crippen LogP contribution in [0, 0.1) is 0 Å². The van der Waals surface area contributed by atoms with E-state index in [-0.39, 0.29) is 0 Å². The Morgan fingerprint density at radius 1 is 1.22 bits per heavy atom. The highest BCUT2D eigenvalue weighted by Gasteiger charge is 2.30. The van der Waals surface area contributed by atoms with Gasteiger partial charge in [0.2, 0.25) is 0 Å². The normalized spacial score (nSPS) is 19.9. The molecule has 7 heteroatoms. The van der Waals surface area contributed by atoms with E-state index in [0.717, 1.165) is 13.1 Å². The minimum atomic E-state index is -3.30. The lowest BCUT2D eigenvalue weighted by Gasteiger charge is -2.37. The minimum absolute atomic E-state index is 0.476. The topological polar surface area (TPSA) is 43.9 Å². The average molecular weight is 298 g/mol. The van der Waals surface area contributed by atoms with Crippen molar-refractivity contribution < 1.29 is 8.42 Å². The molecule has 1 fully saturated rings. The third kappa shape index (κ3) is 4.06. The van der Waals surface area contributed by atoms with Crippen LogP contribution in [-0.4, -0.2) is 73.6 Å². The van der Waals surface area contributed by atoms with Gasteiger partial charge in [-0.2, -0.15) is 17.0 Å². The maximum atomic E-state index is 12.3. The Bertz CT molecular complexity index is 340. The van der Waals surface area contributed by atoms with Crippen LogP contribution in [0.15, 0.2) is 0 Å². The summed E-state index contributed by atoms with van der Waals surface area (Å²) in [6, 6.07) is 0.476. The van der Waals surface area contributed by atoms with Crippen molar-refractivity contribution in [3.8, 4) is 0 Å². The Labute approximate surface area is 116 Å². The maximum Gasteiger partial charge on any atom is 0.281 e. The summed E-state index contributed by atoms with van der Waals surface area (Å²) in [6.07, 6.45) is 0.684. The molecule has 0 saturated carbocycles. The van der Waals surface area contributed by atoms with E-state index in [4.69, 9.17) is 11.6 Å². The third-order valence-electron chi connectivity index (χ3n) is 3.33. The van der Waals surface area contributed by atoms with Gasteiger partial charge in [-0.05, 0) is 20.3 Å². The van der Waals surface area contributed by atoms with Gasteiger partial charge in [-0.1, -0.05) is 0 Å². The molecule has 1 rings (SSSR count). The van der Waals surface area contributed by atoms with Crippen LogP contribution in [0.5, 0.6) is 0 Å². The van der Waals surface area contributed by atoms with Gasteiger partial charge in [0, 0.05) is 51.7 Å². The smallest absolute Gasteiger partial charge is 0.281 e. The van der Waals surface area contributed by atoms with Gasteiger partial charge in [-0.3, -0.25) is 4.90 Å². The Hall–Kier alpha value is 0.120. The van der Waals surface area contributed by atoms with E-state index in [1.165, 1.54) is 4.31 Å². The second-order valence-corrected chi connectivity index (χ2v) is 7.31. The van der Waals surface area contributed by atoms with E-state index in [9.17, 15) is 8.42 Å². The maximum absolute atomic E-state index is 12.3. The van der Waals surface area contributed by atoms with Crippen molar-refractivity contribution in [1.82, 2.24) is 13.5 Å². The van der Waals surface area contributed by atoms with Gasteiger partial charge in [0.05, 0.1) is 0 Å². The molecule has 18 heavy (non-hydrogen) atoms. The highest BCUT2D eigenvalue weighted by atomic mass is 35.5. The standard InChI is InChI=1S/C11H24ClN3O2S/c1-11(2)14-7-9-15(10-8-14)18(16,17)13(3)6-4-5-12/h11H,4-10H2,1-3H3. The van der Waals surface area contributed by atoms with E-state index < -0.39 is 10.2 Å². The van der Waals surface area contributed by atoms with Gasteiger partial charge < -0.3 is 0 Å². The lowest BCUT2D eigenvalue weighted by molar-refractivity contribution is 0.150. The zero-order valence-corrected chi connectivity index (χ0v) is 13.0. The van der Waals surface area contributed by atoms with Crippen LogP contribution in [0.2, 0.25) is 0 Å². The molecular weight excluding hydrogens is 274 g/mol. The first-order valence-electron chi connectivity index (χ1n) is 6.41. The van der Waals surface area contributed by atoms with Gasteiger partial charge in [0.1, 0.15) is 0 Å². The summed E-state index contributed by atoms with van der Waals surface area (Å²) in [5.41, 5.74) is 0. The molecule has 0 spiro atoms. The van der Waals surface area contributed by atoms with Crippen molar-refractivity contribution in [3.63, 3.8) is 0 Å². The van der Waals surface area contributed by atoms with Crippen LogP contribution in [-0.2, 0) is 10.2 Å². The number of halogens is 1. The summed E-state index contributed by atoms with van der Waals surface area (Å²) in [7, 11) is -1.68. The number of nitrogens with zero attached hydrogens (tertiary/aromatic N) is 3. The molecule has 0 aromatic rings. The summed E-state index contributed by atoms with van der Waals surface area (Å²) < 4.78 is 27.5. The molecule has 108 valence electrons. The SMILES string of the molecule is CC(C)N1CCN(S(=O)(=O)N(C)CCCCl)CC1. The summed E-state index contributed by atoms with van der Waals surface area (Å²) in [6.45, 7) is 7.52. The number of rotatable bonds is 6. The van der Waals surface area contributed by atoms with Gasteiger partial charge in [-0.15, -0.1) is 11.6 Å². The van der Waals surface area contributed by atoms with Gasteiger partial charge in [-0.25, -0.2) is 0 Å². The fourth-order valence-electron chi connectivity index (χ4n) is 2.05. The molecular formula is C11H24ClN3O2S. The molecule has 1 heterocycles. The Morgan fingerprint density at radius 3 is 2.22 bits per heavy atom. The number of hydrogen-bond acceptors (Lipinski definition) is 3. The summed E-state index contributed by atoms with van der Waals surface area (Å²) >= 11 is 5.59. The van der Waals surface area contributed by atoms with E-state index in [1.807, 2.05) is 0 Å². The molecule has 0 aromatic heterocycles. The average Bonchev–Trinajstić information content (AvgIpc) is 2.35. The fraction of sp³-hybridized carbons (Fsp3) is 1.00. The Morgan fingerprint density at radius 2 is 1.78 bits per heavy atom. The van der Waals surface area contributed by atoms with Crippen LogP contribution in [0.1, 0.15) is 20.3 Å².